The highest BCUT2D eigenvalue weighted by Crippen LogP contribution is 2.34. The van der Waals surface area contributed by atoms with Gasteiger partial charge in [0.05, 0.1) is 22.9 Å². The summed E-state index contributed by atoms with van der Waals surface area (Å²) >= 11 is 1.40. The Labute approximate surface area is 142 Å². The molecule has 0 aliphatic carbocycles. The van der Waals surface area contributed by atoms with E-state index in [0.717, 1.165) is 5.56 Å². The average molecular weight is 342 g/mol. The molecule has 0 saturated carbocycles. The van der Waals surface area contributed by atoms with E-state index in [9.17, 15) is 14.7 Å². The van der Waals surface area contributed by atoms with Gasteiger partial charge in [-0.25, -0.2) is 4.79 Å². The number of carboxylic acids is 1. The SMILES string of the molecule is O=C(O)c1ccc(C2CN=C(NC(=O)c3ccccc3O)S2)cc1. The summed E-state index contributed by atoms with van der Waals surface area (Å²) in [5.41, 5.74) is 1.37. The van der Waals surface area contributed by atoms with Crippen LogP contribution in [-0.4, -0.2) is 33.8 Å². The van der Waals surface area contributed by atoms with E-state index in [1.807, 2.05) is 0 Å². The summed E-state index contributed by atoms with van der Waals surface area (Å²) < 4.78 is 0. The number of thioether (sulfide) groups is 1. The molecule has 1 amide bonds. The number of phenolic OH excluding ortho intramolecular Hbond substituents is 1. The van der Waals surface area contributed by atoms with Crippen LogP contribution in [0.3, 0.4) is 0 Å². The van der Waals surface area contributed by atoms with Crippen LogP contribution in [0.5, 0.6) is 5.75 Å². The van der Waals surface area contributed by atoms with Gasteiger partial charge < -0.3 is 15.5 Å². The molecular formula is C17H14N2O4S. The predicted molar refractivity (Wildman–Crippen MR) is 91.6 cm³/mol. The first-order valence-electron chi connectivity index (χ1n) is 7.18. The lowest BCUT2D eigenvalue weighted by atomic mass is 10.1. The van der Waals surface area contributed by atoms with E-state index in [0.29, 0.717) is 11.7 Å². The first kappa shape index (κ1) is 16.1. The molecule has 1 aliphatic heterocycles. The number of carboxylic acid groups (broad SMARTS) is 1. The molecule has 24 heavy (non-hydrogen) atoms. The molecule has 1 aliphatic rings. The van der Waals surface area contributed by atoms with Crippen LogP contribution in [0.4, 0.5) is 0 Å². The Morgan fingerprint density at radius 1 is 1.12 bits per heavy atom. The highest BCUT2D eigenvalue weighted by molar-refractivity contribution is 8.14. The van der Waals surface area contributed by atoms with Crippen LogP contribution in [0, 0.1) is 0 Å². The molecule has 3 N–H and O–H groups in total. The van der Waals surface area contributed by atoms with E-state index in [2.05, 4.69) is 10.3 Å². The molecule has 0 bridgehead atoms. The van der Waals surface area contributed by atoms with Crippen LogP contribution in [-0.2, 0) is 0 Å². The molecule has 1 unspecified atom stereocenters. The van der Waals surface area contributed by atoms with Crippen molar-refractivity contribution in [3.8, 4) is 5.75 Å². The largest absolute Gasteiger partial charge is 0.507 e. The smallest absolute Gasteiger partial charge is 0.335 e. The molecule has 1 heterocycles. The summed E-state index contributed by atoms with van der Waals surface area (Å²) in [4.78, 5) is 27.3. The van der Waals surface area contributed by atoms with Crippen molar-refractivity contribution < 1.29 is 19.8 Å². The first-order valence-corrected chi connectivity index (χ1v) is 8.06. The number of aromatic carboxylic acids is 1. The zero-order valence-electron chi connectivity index (χ0n) is 12.5. The van der Waals surface area contributed by atoms with Crippen molar-refractivity contribution in [2.75, 3.05) is 6.54 Å². The number of rotatable bonds is 3. The molecule has 7 heteroatoms. The van der Waals surface area contributed by atoms with Gasteiger partial charge >= 0.3 is 5.97 Å². The Hall–Kier alpha value is -2.80. The number of benzene rings is 2. The Kier molecular flexibility index (Phi) is 4.52. The maximum Gasteiger partial charge on any atom is 0.335 e. The summed E-state index contributed by atoms with van der Waals surface area (Å²) in [7, 11) is 0. The highest BCUT2D eigenvalue weighted by atomic mass is 32.2. The van der Waals surface area contributed by atoms with Gasteiger partial charge in [0.15, 0.2) is 5.17 Å². The minimum absolute atomic E-state index is 0.0208. The van der Waals surface area contributed by atoms with Gasteiger partial charge in [-0.2, -0.15) is 0 Å². The van der Waals surface area contributed by atoms with Gasteiger partial charge in [-0.1, -0.05) is 36.0 Å². The van der Waals surface area contributed by atoms with Crippen LogP contribution in [0.2, 0.25) is 0 Å². The van der Waals surface area contributed by atoms with Crippen molar-refractivity contribution in [1.82, 2.24) is 5.32 Å². The molecule has 0 spiro atoms. The van der Waals surface area contributed by atoms with E-state index in [1.165, 1.54) is 23.9 Å². The van der Waals surface area contributed by atoms with Crippen LogP contribution in [0.15, 0.2) is 53.5 Å². The van der Waals surface area contributed by atoms with E-state index in [-0.39, 0.29) is 22.1 Å². The molecule has 122 valence electrons. The van der Waals surface area contributed by atoms with E-state index >= 15 is 0 Å². The zero-order valence-corrected chi connectivity index (χ0v) is 13.3. The number of aromatic hydroxyl groups is 1. The van der Waals surface area contributed by atoms with Crippen molar-refractivity contribution in [1.29, 1.82) is 0 Å². The van der Waals surface area contributed by atoms with Crippen molar-refractivity contribution in [2.24, 2.45) is 4.99 Å². The minimum atomic E-state index is -0.965. The summed E-state index contributed by atoms with van der Waals surface area (Å²) in [5, 5.41) is 21.8. The van der Waals surface area contributed by atoms with Crippen molar-refractivity contribution in [3.63, 3.8) is 0 Å². The predicted octanol–water partition coefficient (Wildman–Crippen LogP) is 2.66. The number of carbonyl (C=O) groups is 2. The number of amidine groups is 1. The second-order valence-electron chi connectivity index (χ2n) is 5.15. The van der Waals surface area contributed by atoms with E-state index < -0.39 is 11.9 Å². The monoisotopic (exact) mass is 342 g/mol. The molecule has 6 nitrogen and oxygen atoms in total. The Morgan fingerprint density at radius 3 is 2.50 bits per heavy atom. The van der Waals surface area contributed by atoms with Gasteiger partial charge in [-0.05, 0) is 29.8 Å². The lowest BCUT2D eigenvalue weighted by molar-refractivity contribution is 0.0696. The number of nitrogens with zero attached hydrogens (tertiary/aromatic N) is 1. The third kappa shape index (κ3) is 3.41. The molecule has 0 saturated heterocycles. The van der Waals surface area contributed by atoms with Crippen molar-refractivity contribution >= 4 is 28.8 Å². The number of aliphatic imine (C=N–C) groups is 1. The third-order valence-electron chi connectivity index (χ3n) is 3.55. The standard InChI is InChI=1S/C17H14N2O4S/c20-13-4-2-1-3-12(13)15(21)19-17-18-9-14(24-17)10-5-7-11(8-6-10)16(22)23/h1-8,14,20H,9H2,(H,22,23)(H,18,19,21). The Balaban J connectivity index is 1.64. The van der Waals surface area contributed by atoms with Gasteiger partial charge in [-0.3, -0.25) is 9.79 Å². The Bertz CT molecular complexity index is 818. The maximum atomic E-state index is 12.2. The zero-order chi connectivity index (χ0) is 17.1. The number of hydrogen-bond acceptors (Lipinski definition) is 5. The normalized spacial score (nSPS) is 16.5. The van der Waals surface area contributed by atoms with Crippen LogP contribution >= 0.6 is 11.8 Å². The number of hydrogen-bond donors (Lipinski definition) is 3. The van der Waals surface area contributed by atoms with Crippen molar-refractivity contribution in [3.05, 3.63) is 65.2 Å². The number of para-hydroxylation sites is 1. The van der Waals surface area contributed by atoms with Gasteiger partial charge in [0.2, 0.25) is 0 Å². The maximum absolute atomic E-state index is 12.2. The second-order valence-corrected chi connectivity index (χ2v) is 6.34. The summed E-state index contributed by atoms with van der Waals surface area (Å²) in [6, 6.07) is 12.9. The topological polar surface area (TPSA) is 99.0 Å². The second kappa shape index (κ2) is 6.76. The quantitative estimate of drug-likeness (QED) is 0.796. The van der Waals surface area contributed by atoms with Crippen molar-refractivity contribution in [2.45, 2.75) is 5.25 Å². The summed E-state index contributed by atoms with van der Waals surface area (Å²) in [6.07, 6.45) is 0. The van der Waals surface area contributed by atoms with E-state index in [4.69, 9.17) is 5.11 Å². The van der Waals surface area contributed by atoms with Gasteiger partial charge in [0.25, 0.3) is 5.91 Å². The fourth-order valence-electron chi connectivity index (χ4n) is 2.29. The number of nitrogens with one attached hydrogen (secondary N) is 1. The summed E-state index contributed by atoms with van der Waals surface area (Å²) in [6.45, 7) is 0.494. The first-order chi connectivity index (χ1) is 11.5. The molecule has 2 aromatic carbocycles. The van der Waals surface area contributed by atoms with E-state index in [1.54, 1.807) is 36.4 Å². The average Bonchev–Trinajstić information content (AvgIpc) is 3.03. The van der Waals surface area contributed by atoms with Gasteiger partial charge in [0, 0.05) is 0 Å². The number of amides is 1. The van der Waals surface area contributed by atoms with Crippen LogP contribution in [0.25, 0.3) is 0 Å². The van der Waals surface area contributed by atoms with Crippen LogP contribution < -0.4 is 5.32 Å². The molecule has 0 aromatic heterocycles. The number of phenols is 1. The third-order valence-corrected chi connectivity index (χ3v) is 4.71. The van der Waals surface area contributed by atoms with Gasteiger partial charge in [-0.15, -0.1) is 0 Å². The van der Waals surface area contributed by atoms with Gasteiger partial charge in [0.1, 0.15) is 5.75 Å². The highest BCUT2D eigenvalue weighted by Gasteiger charge is 2.23. The minimum Gasteiger partial charge on any atom is -0.507 e. The fraction of sp³-hybridized carbons (Fsp3) is 0.118. The lowest BCUT2D eigenvalue weighted by Crippen LogP contribution is -2.27. The van der Waals surface area contributed by atoms with Crippen LogP contribution in [0.1, 0.15) is 31.5 Å². The molecule has 0 fully saturated rings. The lowest BCUT2D eigenvalue weighted by Gasteiger charge is -2.10. The number of carbonyl (C=O) groups excluding carboxylic acids is 1. The molecule has 0 radical (unpaired) electrons. The Morgan fingerprint density at radius 2 is 1.83 bits per heavy atom. The fourth-order valence-corrected chi connectivity index (χ4v) is 3.30. The molecule has 3 rings (SSSR count). The molecular weight excluding hydrogens is 328 g/mol. The molecule has 1 atom stereocenters. The molecule has 2 aromatic rings. The summed E-state index contributed by atoms with van der Waals surface area (Å²) in [5.74, 6) is -1.46.